The zero-order valence-electron chi connectivity index (χ0n) is 12.4. The first kappa shape index (κ1) is 15.6. The number of nitrogens with two attached hydrogens (primary N) is 1. The van der Waals surface area contributed by atoms with Crippen molar-refractivity contribution in [2.45, 2.75) is 25.3 Å². The van der Waals surface area contributed by atoms with E-state index < -0.39 is 11.4 Å². The number of halogens is 1. The molecule has 23 heavy (non-hydrogen) atoms. The third kappa shape index (κ3) is 3.38. The molecular formula is C15H15FN4O2S. The van der Waals surface area contributed by atoms with Crippen molar-refractivity contribution in [2.75, 3.05) is 10.6 Å². The van der Waals surface area contributed by atoms with E-state index in [0.717, 1.165) is 0 Å². The van der Waals surface area contributed by atoms with Crippen LogP contribution in [0.2, 0.25) is 0 Å². The van der Waals surface area contributed by atoms with Crippen LogP contribution in [0, 0.1) is 5.82 Å². The number of benzene rings is 1. The summed E-state index contributed by atoms with van der Waals surface area (Å²) < 4.78 is 14.2. The summed E-state index contributed by atoms with van der Waals surface area (Å²) in [4.78, 5) is 27.1. The minimum absolute atomic E-state index is 0.264. The fourth-order valence-corrected chi connectivity index (χ4v) is 2.75. The Balaban J connectivity index is 1.77. The molecule has 0 radical (unpaired) electrons. The number of anilines is 2. The molecule has 0 unspecified atom stereocenters. The van der Waals surface area contributed by atoms with E-state index in [2.05, 4.69) is 15.6 Å². The van der Waals surface area contributed by atoms with Gasteiger partial charge in [0.2, 0.25) is 11.8 Å². The van der Waals surface area contributed by atoms with E-state index in [1.807, 2.05) is 0 Å². The molecule has 8 heteroatoms. The minimum atomic E-state index is -0.781. The molecule has 1 aliphatic carbocycles. The Morgan fingerprint density at radius 1 is 1.35 bits per heavy atom. The maximum atomic E-state index is 14.2. The highest BCUT2D eigenvalue weighted by molar-refractivity contribution is 7.14. The second-order valence-corrected chi connectivity index (χ2v) is 6.38. The first-order chi connectivity index (χ1) is 10.9. The Labute approximate surface area is 135 Å². The van der Waals surface area contributed by atoms with Crippen molar-refractivity contribution in [2.24, 2.45) is 5.73 Å². The number of carbonyl (C=O) groups is 2. The molecular weight excluding hydrogens is 319 g/mol. The van der Waals surface area contributed by atoms with Gasteiger partial charge in [-0.3, -0.25) is 9.59 Å². The number of hydrogen-bond acceptors (Lipinski definition) is 5. The lowest BCUT2D eigenvalue weighted by Gasteiger charge is -2.07. The lowest BCUT2D eigenvalue weighted by molar-refractivity contribution is -0.118. The summed E-state index contributed by atoms with van der Waals surface area (Å²) >= 11 is 1.21. The predicted octanol–water partition coefficient (Wildman–Crippen LogP) is 2.34. The zero-order valence-corrected chi connectivity index (χ0v) is 13.2. The second kappa shape index (κ2) is 5.71. The van der Waals surface area contributed by atoms with Crippen LogP contribution in [0.1, 0.15) is 19.8 Å². The molecule has 120 valence electrons. The molecule has 4 N–H and O–H groups in total. The first-order valence-electron chi connectivity index (χ1n) is 7.01. The van der Waals surface area contributed by atoms with Gasteiger partial charge >= 0.3 is 0 Å². The van der Waals surface area contributed by atoms with Gasteiger partial charge in [-0.2, -0.15) is 0 Å². The molecule has 1 aliphatic rings. The summed E-state index contributed by atoms with van der Waals surface area (Å²) in [6.07, 6.45) is 1.33. The van der Waals surface area contributed by atoms with Gasteiger partial charge in [-0.25, -0.2) is 9.37 Å². The first-order valence-corrected chi connectivity index (χ1v) is 7.89. The van der Waals surface area contributed by atoms with E-state index in [1.165, 1.54) is 30.4 Å². The van der Waals surface area contributed by atoms with Crippen LogP contribution in [0.5, 0.6) is 0 Å². The normalized spacial score (nSPS) is 15.1. The van der Waals surface area contributed by atoms with Crippen molar-refractivity contribution in [3.63, 3.8) is 0 Å². The summed E-state index contributed by atoms with van der Waals surface area (Å²) in [6, 6.07) is 4.36. The molecule has 0 aliphatic heterocycles. The maximum absolute atomic E-state index is 14.2. The molecule has 3 rings (SSSR count). The van der Waals surface area contributed by atoms with Crippen LogP contribution in [0.4, 0.5) is 15.2 Å². The fourth-order valence-electron chi connectivity index (χ4n) is 2.04. The highest BCUT2D eigenvalue weighted by atomic mass is 32.1. The number of hydrogen-bond donors (Lipinski definition) is 3. The number of rotatable bonds is 4. The average molecular weight is 334 g/mol. The van der Waals surface area contributed by atoms with Crippen LogP contribution in [0.15, 0.2) is 23.6 Å². The van der Waals surface area contributed by atoms with Crippen LogP contribution >= 0.6 is 11.3 Å². The Hall–Kier alpha value is -2.32. The van der Waals surface area contributed by atoms with Gasteiger partial charge in [0.1, 0.15) is 5.82 Å². The summed E-state index contributed by atoms with van der Waals surface area (Å²) in [5.41, 5.74) is 6.11. The minimum Gasteiger partial charge on any atom is -0.326 e. The number of aromatic nitrogens is 1. The van der Waals surface area contributed by atoms with Crippen molar-refractivity contribution in [3.05, 3.63) is 29.4 Å². The summed E-state index contributed by atoms with van der Waals surface area (Å²) in [7, 11) is 0. The predicted molar refractivity (Wildman–Crippen MR) is 86.6 cm³/mol. The van der Waals surface area contributed by atoms with Gasteiger partial charge in [-0.1, -0.05) is 0 Å². The molecule has 1 aromatic heterocycles. The van der Waals surface area contributed by atoms with Gasteiger partial charge in [-0.05, 0) is 31.0 Å². The van der Waals surface area contributed by atoms with Gasteiger partial charge in [0.05, 0.1) is 11.2 Å². The Kier molecular flexibility index (Phi) is 3.87. The van der Waals surface area contributed by atoms with Crippen LogP contribution in [0.25, 0.3) is 11.3 Å². The van der Waals surface area contributed by atoms with Gasteiger partial charge in [0.25, 0.3) is 0 Å². The largest absolute Gasteiger partial charge is 0.326 e. The Bertz CT molecular complexity index is 786. The SMILES string of the molecule is CC(=O)Nc1ccc(-c2csc(NC(=O)C3(N)CC3)n2)c(F)c1. The molecule has 1 aromatic carbocycles. The molecule has 0 bridgehead atoms. The molecule has 2 aromatic rings. The smallest absolute Gasteiger partial charge is 0.246 e. The summed E-state index contributed by atoms with van der Waals surface area (Å²) in [5, 5.41) is 7.20. The van der Waals surface area contributed by atoms with E-state index >= 15 is 0 Å². The highest BCUT2D eigenvalue weighted by Crippen LogP contribution is 2.34. The van der Waals surface area contributed by atoms with E-state index in [1.54, 1.807) is 11.4 Å². The van der Waals surface area contributed by atoms with Crippen molar-refractivity contribution < 1.29 is 14.0 Å². The van der Waals surface area contributed by atoms with Crippen molar-refractivity contribution in [1.29, 1.82) is 0 Å². The van der Waals surface area contributed by atoms with E-state index in [4.69, 9.17) is 5.73 Å². The van der Waals surface area contributed by atoms with Gasteiger partial charge < -0.3 is 16.4 Å². The number of carbonyl (C=O) groups excluding carboxylic acids is 2. The Morgan fingerprint density at radius 3 is 2.70 bits per heavy atom. The molecule has 0 spiro atoms. The number of nitrogens with one attached hydrogen (secondary N) is 2. The van der Waals surface area contributed by atoms with Gasteiger partial charge in [0.15, 0.2) is 5.13 Å². The van der Waals surface area contributed by atoms with Crippen molar-refractivity contribution >= 4 is 34.0 Å². The van der Waals surface area contributed by atoms with Crippen LogP contribution in [-0.4, -0.2) is 22.3 Å². The zero-order chi connectivity index (χ0) is 16.6. The summed E-state index contributed by atoms with van der Waals surface area (Å²) in [5.74, 6) is -1.04. The molecule has 1 saturated carbocycles. The van der Waals surface area contributed by atoms with Crippen LogP contribution < -0.4 is 16.4 Å². The maximum Gasteiger partial charge on any atom is 0.246 e. The highest BCUT2D eigenvalue weighted by Gasteiger charge is 2.46. The lowest BCUT2D eigenvalue weighted by atomic mass is 10.1. The van der Waals surface area contributed by atoms with Crippen molar-refractivity contribution in [1.82, 2.24) is 4.98 Å². The number of nitrogens with zero attached hydrogens (tertiary/aromatic N) is 1. The van der Waals surface area contributed by atoms with E-state index in [-0.39, 0.29) is 11.8 Å². The summed E-state index contributed by atoms with van der Waals surface area (Å²) in [6.45, 7) is 1.35. The van der Waals surface area contributed by atoms with Crippen LogP contribution in [0.3, 0.4) is 0 Å². The lowest BCUT2D eigenvalue weighted by Crippen LogP contribution is -2.37. The Morgan fingerprint density at radius 2 is 2.09 bits per heavy atom. The number of amides is 2. The van der Waals surface area contributed by atoms with Crippen molar-refractivity contribution in [3.8, 4) is 11.3 Å². The fraction of sp³-hybridized carbons (Fsp3) is 0.267. The van der Waals surface area contributed by atoms with Gasteiger partial charge in [-0.15, -0.1) is 11.3 Å². The third-order valence-electron chi connectivity index (χ3n) is 3.53. The van der Waals surface area contributed by atoms with Crippen LogP contribution in [-0.2, 0) is 9.59 Å². The molecule has 2 amide bonds. The third-order valence-corrected chi connectivity index (χ3v) is 4.29. The monoisotopic (exact) mass is 334 g/mol. The molecule has 1 fully saturated rings. The molecule has 6 nitrogen and oxygen atoms in total. The van der Waals surface area contributed by atoms with E-state index in [0.29, 0.717) is 34.9 Å². The molecule has 0 saturated heterocycles. The molecule has 0 atom stereocenters. The standard InChI is InChI=1S/C15H15FN4O2S/c1-8(21)18-9-2-3-10(11(16)6-9)12-7-23-14(19-12)20-13(22)15(17)4-5-15/h2-3,6-7H,4-5,17H2,1H3,(H,18,21)(H,19,20,22). The van der Waals surface area contributed by atoms with E-state index in [9.17, 15) is 14.0 Å². The number of thiazole rings is 1. The second-order valence-electron chi connectivity index (χ2n) is 5.52. The molecule has 1 heterocycles. The van der Waals surface area contributed by atoms with Gasteiger partial charge in [0, 0.05) is 23.6 Å². The topological polar surface area (TPSA) is 97.1 Å². The quantitative estimate of drug-likeness (QED) is 0.799. The average Bonchev–Trinajstić information content (AvgIpc) is 3.06.